The van der Waals surface area contributed by atoms with Crippen LogP contribution in [0.5, 0.6) is 5.75 Å². The Morgan fingerprint density at radius 1 is 1.39 bits per heavy atom. The van der Waals surface area contributed by atoms with Crippen LogP contribution in [0.25, 0.3) is 0 Å². The second-order valence-corrected chi connectivity index (χ2v) is 4.02. The number of hydrogen-bond donors (Lipinski definition) is 3. The third-order valence-corrected chi connectivity index (χ3v) is 2.50. The minimum absolute atomic E-state index is 0.0560. The van der Waals surface area contributed by atoms with Crippen molar-refractivity contribution in [1.82, 2.24) is 9.78 Å². The average molecular weight is 267 g/mol. The molecule has 6 nitrogen and oxygen atoms in total. The van der Waals surface area contributed by atoms with Gasteiger partial charge < -0.3 is 10.4 Å². The smallest absolute Gasteiger partial charge is 0.324 e. The lowest BCUT2D eigenvalue weighted by atomic mass is 10.3. The molecule has 0 bridgehead atoms. The first-order valence-electron chi connectivity index (χ1n) is 5.11. The Morgan fingerprint density at radius 3 is 2.83 bits per heavy atom. The van der Waals surface area contributed by atoms with Crippen LogP contribution in [-0.2, 0) is 7.05 Å². The van der Waals surface area contributed by atoms with Crippen molar-refractivity contribution in [1.29, 1.82) is 0 Å². The number of phenols is 1. The second-order valence-electron chi connectivity index (χ2n) is 3.58. The second kappa shape index (κ2) is 4.97. The molecular weight excluding hydrogens is 256 g/mol. The first-order chi connectivity index (χ1) is 8.56. The summed E-state index contributed by atoms with van der Waals surface area (Å²) < 4.78 is 1.51. The number of anilines is 2. The van der Waals surface area contributed by atoms with Gasteiger partial charge in [-0.25, -0.2) is 4.79 Å². The van der Waals surface area contributed by atoms with Crippen molar-refractivity contribution in [2.24, 2.45) is 7.05 Å². The van der Waals surface area contributed by atoms with Crippen LogP contribution >= 0.6 is 11.6 Å². The van der Waals surface area contributed by atoms with E-state index < -0.39 is 6.03 Å². The molecule has 0 spiro atoms. The Balaban J connectivity index is 2.08. The number of hydrogen-bond acceptors (Lipinski definition) is 3. The Bertz CT molecular complexity index is 582. The van der Waals surface area contributed by atoms with E-state index in [0.29, 0.717) is 10.8 Å². The molecule has 0 atom stereocenters. The number of aromatic hydroxyl groups is 1. The number of urea groups is 1. The molecular formula is C11H11ClN4O2. The van der Waals surface area contributed by atoms with Crippen molar-refractivity contribution >= 4 is 29.1 Å². The van der Waals surface area contributed by atoms with Crippen molar-refractivity contribution in [2.75, 3.05) is 10.6 Å². The van der Waals surface area contributed by atoms with E-state index in [-0.39, 0.29) is 11.4 Å². The predicted octanol–water partition coefficient (Wildman–Crippen LogP) is 2.42. The molecule has 2 aromatic rings. The highest BCUT2D eigenvalue weighted by molar-refractivity contribution is 6.31. The summed E-state index contributed by atoms with van der Waals surface area (Å²) >= 11 is 5.77. The molecule has 0 aliphatic rings. The van der Waals surface area contributed by atoms with Crippen LogP contribution in [0.2, 0.25) is 5.02 Å². The number of benzene rings is 1. The number of rotatable bonds is 2. The summed E-state index contributed by atoms with van der Waals surface area (Å²) in [7, 11) is 1.70. The van der Waals surface area contributed by atoms with Crippen molar-refractivity contribution < 1.29 is 9.90 Å². The van der Waals surface area contributed by atoms with E-state index in [4.69, 9.17) is 11.6 Å². The van der Waals surface area contributed by atoms with E-state index in [1.54, 1.807) is 19.3 Å². The van der Waals surface area contributed by atoms with Crippen LogP contribution in [0.15, 0.2) is 30.5 Å². The van der Waals surface area contributed by atoms with Gasteiger partial charge in [0.1, 0.15) is 11.6 Å². The van der Waals surface area contributed by atoms with Crippen LogP contribution in [0.3, 0.4) is 0 Å². The number of nitrogens with one attached hydrogen (secondary N) is 2. The number of aryl methyl sites for hydroxylation is 1. The lowest BCUT2D eigenvalue weighted by Gasteiger charge is -2.09. The highest BCUT2D eigenvalue weighted by atomic mass is 35.5. The molecule has 0 radical (unpaired) electrons. The van der Waals surface area contributed by atoms with Gasteiger partial charge in [-0.3, -0.25) is 10.00 Å². The van der Waals surface area contributed by atoms with Crippen molar-refractivity contribution in [3.05, 3.63) is 35.5 Å². The van der Waals surface area contributed by atoms with Crippen LogP contribution in [0.1, 0.15) is 0 Å². The van der Waals surface area contributed by atoms with Crippen molar-refractivity contribution in [3.8, 4) is 5.75 Å². The molecule has 1 heterocycles. The normalized spacial score (nSPS) is 10.1. The van der Waals surface area contributed by atoms with Crippen LogP contribution in [0, 0.1) is 0 Å². The lowest BCUT2D eigenvalue weighted by molar-refractivity contribution is 0.262. The SMILES string of the molecule is Cn1nccc1NC(=O)Nc1cc(Cl)ccc1O. The molecule has 0 saturated heterocycles. The molecule has 0 fully saturated rings. The fourth-order valence-electron chi connectivity index (χ4n) is 1.37. The maximum absolute atomic E-state index is 11.7. The van der Waals surface area contributed by atoms with Gasteiger partial charge in [-0.1, -0.05) is 11.6 Å². The van der Waals surface area contributed by atoms with Crippen LogP contribution < -0.4 is 10.6 Å². The third-order valence-electron chi connectivity index (χ3n) is 2.27. The molecule has 0 aliphatic heterocycles. The van der Waals surface area contributed by atoms with Crippen LogP contribution in [-0.4, -0.2) is 20.9 Å². The molecule has 3 N–H and O–H groups in total. The van der Waals surface area contributed by atoms with Gasteiger partial charge in [-0.15, -0.1) is 0 Å². The largest absolute Gasteiger partial charge is 0.506 e. The van der Waals surface area contributed by atoms with E-state index in [9.17, 15) is 9.90 Å². The predicted molar refractivity (Wildman–Crippen MR) is 69.0 cm³/mol. The third kappa shape index (κ3) is 2.72. The summed E-state index contributed by atoms with van der Waals surface area (Å²) in [5.41, 5.74) is 0.238. The fourth-order valence-corrected chi connectivity index (χ4v) is 1.55. The monoisotopic (exact) mass is 266 g/mol. The molecule has 2 amide bonds. The minimum Gasteiger partial charge on any atom is -0.506 e. The zero-order valence-electron chi connectivity index (χ0n) is 9.51. The summed E-state index contributed by atoms with van der Waals surface area (Å²) in [6, 6.07) is 5.55. The highest BCUT2D eigenvalue weighted by Gasteiger charge is 2.08. The number of amides is 2. The number of carbonyl (C=O) groups excluding carboxylic acids is 1. The molecule has 2 rings (SSSR count). The van der Waals surface area contributed by atoms with Gasteiger partial charge in [0.15, 0.2) is 0 Å². The zero-order chi connectivity index (χ0) is 13.1. The van der Waals surface area contributed by atoms with E-state index in [0.717, 1.165) is 0 Å². The highest BCUT2D eigenvalue weighted by Crippen LogP contribution is 2.26. The first kappa shape index (κ1) is 12.3. The van der Waals surface area contributed by atoms with Gasteiger partial charge in [0, 0.05) is 18.1 Å². The molecule has 1 aromatic heterocycles. The number of halogens is 1. The van der Waals surface area contributed by atoms with E-state index >= 15 is 0 Å². The Labute approximate surface area is 108 Å². The number of phenolic OH excluding ortho intramolecular Hbond substituents is 1. The molecule has 94 valence electrons. The molecule has 0 aliphatic carbocycles. The molecule has 0 saturated carbocycles. The number of carbonyl (C=O) groups is 1. The maximum Gasteiger partial charge on any atom is 0.324 e. The standard InChI is InChI=1S/C11H11ClN4O2/c1-16-10(4-5-13-16)15-11(18)14-8-6-7(12)2-3-9(8)17/h2-6,17H,1H3,(H2,14,15,18). The van der Waals surface area contributed by atoms with Gasteiger partial charge in [-0.2, -0.15) is 5.10 Å². The van der Waals surface area contributed by atoms with Crippen molar-refractivity contribution in [3.63, 3.8) is 0 Å². The summed E-state index contributed by atoms with van der Waals surface area (Å²) in [6.07, 6.45) is 1.56. The Morgan fingerprint density at radius 2 is 2.17 bits per heavy atom. The van der Waals surface area contributed by atoms with Gasteiger partial charge >= 0.3 is 6.03 Å². The lowest BCUT2D eigenvalue weighted by Crippen LogP contribution is -2.21. The molecule has 0 unspecified atom stereocenters. The Hall–Kier alpha value is -2.21. The van der Waals surface area contributed by atoms with Crippen LogP contribution in [0.4, 0.5) is 16.3 Å². The van der Waals surface area contributed by atoms with Gasteiger partial charge in [-0.05, 0) is 18.2 Å². The minimum atomic E-state index is -0.490. The summed E-state index contributed by atoms with van der Waals surface area (Å²) in [5.74, 6) is 0.480. The molecule has 1 aromatic carbocycles. The maximum atomic E-state index is 11.7. The topological polar surface area (TPSA) is 79.2 Å². The summed E-state index contributed by atoms with van der Waals surface area (Å²) in [4.78, 5) is 11.7. The summed E-state index contributed by atoms with van der Waals surface area (Å²) in [5, 5.41) is 19.0. The summed E-state index contributed by atoms with van der Waals surface area (Å²) in [6.45, 7) is 0. The van der Waals surface area contributed by atoms with Gasteiger partial charge in [0.25, 0.3) is 0 Å². The van der Waals surface area contributed by atoms with E-state index in [1.165, 1.54) is 22.9 Å². The van der Waals surface area contributed by atoms with E-state index in [2.05, 4.69) is 15.7 Å². The van der Waals surface area contributed by atoms with Gasteiger partial charge in [0.05, 0.1) is 11.9 Å². The van der Waals surface area contributed by atoms with Gasteiger partial charge in [0.2, 0.25) is 0 Å². The number of nitrogens with zero attached hydrogens (tertiary/aromatic N) is 2. The first-order valence-corrected chi connectivity index (χ1v) is 5.48. The number of aromatic nitrogens is 2. The zero-order valence-corrected chi connectivity index (χ0v) is 10.3. The Kier molecular flexibility index (Phi) is 3.38. The molecule has 18 heavy (non-hydrogen) atoms. The van der Waals surface area contributed by atoms with E-state index in [1.807, 2.05) is 0 Å². The molecule has 7 heteroatoms. The average Bonchev–Trinajstić information content (AvgIpc) is 2.70. The fraction of sp³-hybridized carbons (Fsp3) is 0.0909. The quantitative estimate of drug-likeness (QED) is 0.731. The van der Waals surface area contributed by atoms with Crippen molar-refractivity contribution in [2.45, 2.75) is 0 Å².